The van der Waals surface area contributed by atoms with Gasteiger partial charge in [0.1, 0.15) is 0 Å². The van der Waals surface area contributed by atoms with E-state index in [1.165, 1.54) is 12.8 Å². The Kier molecular flexibility index (Phi) is 4.31. The SMILES string of the molecule is COC(C)(C)CC(C)NCC1(Cn2cccn2)CC1. The van der Waals surface area contributed by atoms with E-state index in [1.54, 1.807) is 7.11 Å². The molecule has 1 atom stereocenters. The molecule has 1 heterocycles. The highest BCUT2D eigenvalue weighted by molar-refractivity contribution is 4.96. The maximum atomic E-state index is 5.49. The third-order valence-electron chi connectivity index (χ3n) is 4.19. The molecule has 0 spiro atoms. The lowest BCUT2D eigenvalue weighted by Crippen LogP contribution is -2.39. The summed E-state index contributed by atoms with van der Waals surface area (Å²) in [5, 5.41) is 7.98. The first-order chi connectivity index (χ1) is 8.95. The Balaban J connectivity index is 1.76. The zero-order valence-corrected chi connectivity index (χ0v) is 12.6. The van der Waals surface area contributed by atoms with Gasteiger partial charge in [-0.15, -0.1) is 0 Å². The predicted molar refractivity (Wildman–Crippen MR) is 77.1 cm³/mol. The molecule has 0 radical (unpaired) electrons. The zero-order valence-electron chi connectivity index (χ0n) is 12.6. The standard InChI is InChI=1S/C15H27N3O/c1-13(10-14(2,3)19-4)16-11-15(6-7-15)12-18-9-5-8-17-18/h5,8-9,13,16H,6-7,10-12H2,1-4H3. The van der Waals surface area contributed by atoms with Crippen LogP contribution in [0, 0.1) is 5.41 Å². The highest BCUT2D eigenvalue weighted by Crippen LogP contribution is 2.46. The van der Waals surface area contributed by atoms with Gasteiger partial charge in [-0.3, -0.25) is 4.68 Å². The number of hydrogen-bond acceptors (Lipinski definition) is 3. The van der Waals surface area contributed by atoms with Crippen LogP contribution < -0.4 is 5.32 Å². The lowest BCUT2D eigenvalue weighted by molar-refractivity contribution is 0.00812. The first kappa shape index (κ1) is 14.5. The molecule has 1 unspecified atom stereocenters. The molecule has 1 aliphatic carbocycles. The quantitative estimate of drug-likeness (QED) is 0.785. The molecule has 19 heavy (non-hydrogen) atoms. The minimum atomic E-state index is -0.0505. The monoisotopic (exact) mass is 265 g/mol. The van der Waals surface area contributed by atoms with Crippen molar-refractivity contribution in [1.82, 2.24) is 15.1 Å². The number of methoxy groups -OCH3 is 1. The summed E-state index contributed by atoms with van der Waals surface area (Å²) in [6.07, 6.45) is 7.55. The topological polar surface area (TPSA) is 39.1 Å². The number of rotatable bonds is 8. The Bertz CT molecular complexity index is 382. The molecule has 4 heteroatoms. The smallest absolute Gasteiger partial charge is 0.0637 e. The van der Waals surface area contributed by atoms with Crippen LogP contribution in [0.4, 0.5) is 0 Å². The largest absolute Gasteiger partial charge is 0.379 e. The molecular formula is C15H27N3O. The minimum absolute atomic E-state index is 0.0505. The van der Waals surface area contributed by atoms with Crippen LogP contribution >= 0.6 is 0 Å². The van der Waals surface area contributed by atoms with Crippen molar-refractivity contribution in [3.8, 4) is 0 Å². The van der Waals surface area contributed by atoms with E-state index >= 15 is 0 Å². The van der Waals surface area contributed by atoms with Gasteiger partial charge in [-0.05, 0) is 46.1 Å². The van der Waals surface area contributed by atoms with Crippen molar-refractivity contribution in [3.63, 3.8) is 0 Å². The Labute approximate surface area is 116 Å². The first-order valence-electron chi connectivity index (χ1n) is 7.21. The fourth-order valence-corrected chi connectivity index (χ4v) is 2.59. The normalized spacial score (nSPS) is 19.4. The summed E-state index contributed by atoms with van der Waals surface area (Å²) in [7, 11) is 1.78. The van der Waals surface area contributed by atoms with Crippen molar-refractivity contribution in [2.45, 2.75) is 58.2 Å². The summed E-state index contributed by atoms with van der Waals surface area (Å²) in [4.78, 5) is 0. The molecule has 1 fully saturated rings. The summed E-state index contributed by atoms with van der Waals surface area (Å²) in [6, 6.07) is 2.47. The molecule has 2 rings (SSSR count). The van der Waals surface area contributed by atoms with Crippen molar-refractivity contribution in [2.75, 3.05) is 13.7 Å². The second kappa shape index (κ2) is 5.63. The Morgan fingerprint density at radius 3 is 2.74 bits per heavy atom. The third-order valence-corrected chi connectivity index (χ3v) is 4.19. The maximum absolute atomic E-state index is 5.49. The summed E-state index contributed by atoms with van der Waals surface area (Å²) < 4.78 is 7.54. The lowest BCUT2D eigenvalue weighted by Gasteiger charge is -2.28. The van der Waals surface area contributed by atoms with E-state index in [0.29, 0.717) is 11.5 Å². The zero-order chi connectivity index (χ0) is 13.9. The second-order valence-corrected chi connectivity index (χ2v) is 6.65. The summed E-state index contributed by atoms with van der Waals surface area (Å²) in [5.74, 6) is 0. The average Bonchev–Trinajstić information content (AvgIpc) is 2.92. The fraction of sp³-hybridized carbons (Fsp3) is 0.800. The van der Waals surface area contributed by atoms with Gasteiger partial charge in [-0.1, -0.05) is 0 Å². The van der Waals surface area contributed by atoms with Crippen LogP contribution in [0.3, 0.4) is 0 Å². The van der Waals surface area contributed by atoms with Crippen LogP contribution in [-0.2, 0) is 11.3 Å². The van der Waals surface area contributed by atoms with Gasteiger partial charge in [-0.25, -0.2) is 0 Å². The van der Waals surface area contributed by atoms with Gasteiger partial charge in [0.2, 0.25) is 0 Å². The van der Waals surface area contributed by atoms with Gasteiger partial charge in [0.15, 0.2) is 0 Å². The Morgan fingerprint density at radius 2 is 2.21 bits per heavy atom. The molecule has 0 aromatic carbocycles. The van der Waals surface area contributed by atoms with E-state index < -0.39 is 0 Å². The molecule has 108 valence electrons. The molecule has 1 N–H and O–H groups in total. The number of nitrogens with zero attached hydrogens (tertiary/aromatic N) is 2. The highest BCUT2D eigenvalue weighted by atomic mass is 16.5. The van der Waals surface area contributed by atoms with E-state index in [4.69, 9.17) is 4.74 Å². The van der Waals surface area contributed by atoms with Crippen molar-refractivity contribution < 1.29 is 4.74 Å². The van der Waals surface area contributed by atoms with Gasteiger partial charge >= 0.3 is 0 Å². The number of nitrogens with one attached hydrogen (secondary N) is 1. The van der Waals surface area contributed by atoms with E-state index in [-0.39, 0.29) is 5.60 Å². The molecule has 0 amide bonds. The predicted octanol–water partition coefficient (Wildman–Crippen LogP) is 2.46. The van der Waals surface area contributed by atoms with E-state index in [1.807, 2.05) is 12.3 Å². The Hall–Kier alpha value is -0.870. The number of ether oxygens (including phenoxy) is 1. The molecule has 1 aromatic heterocycles. The summed E-state index contributed by atoms with van der Waals surface area (Å²) in [5.41, 5.74) is 0.378. The molecule has 4 nitrogen and oxygen atoms in total. The van der Waals surface area contributed by atoms with E-state index in [2.05, 4.69) is 42.1 Å². The van der Waals surface area contributed by atoms with Gasteiger partial charge in [-0.2, -0.15) is 5.10 Å². The van der Waals surface area contributed by atoms with Crippen LogP contribution in [0.5, 0.6) is 0 Å². The van der Waals surface area contributed by atoms with Crippen LogP contribution in [0.25, 0.3) is 0 Å². The lowest BCUT2D eigenvalue weighted by atomic mass is 9.99. The minimum Gasteiger partial charge on any atom is -0.379 e. The van der Waals surface area contributed by atoms with Crippen LogP contribution in [0.2, 0.25) is 0 Å². The Morgan fingerprint density at radius 1 is 1.47 bits per heavy atom. The average molecular weight is 265 g/mol. The van der Waals surface area contributed by atoms with Gasteiger partial charge < -0.3 is 10.1 Å². The van der Waals surface area contributed by atoms with Crippen molar-refractivity contribution in [3.05, 3.63) is 18.5 Å². The second-order valence-electron chi connectivity index (χ2n) is 6.65. The van der Waals surface area contributed by atoms with Crippen LogP contribution in [0.15, 0.2) is 18.5 Å². The fourth-order valence-electron chi connectivity index (χ4n) is 2.59. The number of hydrogen-bond donors (Lipinski definition) is 1. The molecule has 1 aliphatic rings. The van der Waals surface area contributed by atoms with Crippen molar-refractivity contribution >= 4 is 0 Å². The molecule has 0 aliphatic heterocycles. The van der Waals surface area contributed by atoms with Crippen LogP contribution in [-0.4, -0.2) is 35.1 Å². The molecule has 1 saturated carbocycles. The summed E-state index contributed by atoms with van der Waals surface area (Å²) >= 11 is 0. The third kappa shape index (κ3) is 4.32. The number of aromatic nitrogens is 2. The van der Waals surface area contributed by atoms with Crippen molar-refractivity contribution in [2.24, 2.45) is 5.41 Å². The van der Waals surface area contributed by atoms with Crippen molar-refractivity contribution in [1.29, 1.82) is 0 Å². The molecular weight excluding hydrogens is 238 g/mol. The van der Waals surface area contributed by atoms with Gasteiger partial charge in [0.25, 0.3) is 0 Å². The maximum Gasteiger partial charge on any atom is 0.0637 e. The summed E-state index contributed by atoms with van der Waals surface area (Å²) in [6.45, 7) is 8.63. The van der Waals surface area contributed by atoms with Gasteiger partial charge in [0, 0.05) is 44.0 Å². The molecule has 1 aromatic rings. The molecule has 0 bridgehead atoms. The molecule has 0 saturated heterocycles. The van der Waals surface area contributed by atoms with E-state index in [9.17, 15) is 0 Å². The van der Waals surface area contributed by atoms with Gasteiger partial charge in [0.05, 0.1) is 5.60 Å². The highest BCUT2D eigenvalue weighted by Gasteiger charge is 2.43. The first-order valence-corrected chi connectivity index (χ1v) is 7.21. The van der Waals surface area contributed by atoms with E-state index in [0.717, 1.165) is 19.5 Å². The van der Waals surface area contributed by atoms with Crippen LogP contribution in [0.1, 0.15) is 40.0 Å².